The maximum atomic E-state index is 13.3. The van der Waals surface area contributed by atoms with Crippen molar-refractivity contribution in [1.82, 2.24) is 9.63 Å². The smallest absolute Gasteiger partial charge is 0.159 e. The highest BCUT2D eigenvalue weighted by atomic mass is 35.5. The number of hydrogen-bond acceptors (Lipinski definition) is 3. The van der Waals surface area contributed by atoms with Crippen LogP contribution in [0.5, 0.6) is 0 Å². The van der Waals surface area contributed by atoms with Gasteiger partial charge in [0.25, 0.3) is 0 Å². The Labute approximate surface area is 142 Å². The van der Waals surface area contributed by atoms with Crippen molar-refractivity contribution in [2.75, 3.05) is 25.2 Å². The van der Waals surface area contributed by atoms with E-state index in [1.807, 2.05) is 42.3 Å². The van der Waals surface area contributed by atoms with Gasteiger partial charge in [0.05, 0.1) is 12.2 Å². The van der Waals surface area contributed by atoms with Crippen LogP contribution >= 0.6 is 11.6 Å². The Bertz CT molecular complexity index is 741. The number of nitrogens with zero attached hydrogens (tertiary/aromatic N) is 3. The fraction of sp³-hybridized carbons (Fsp3) is 0.389. The molecule has 0 spiro atoms. The molecule has 122 valence electrons. The van der Waals surface area contributed by atoms with E-state index in [1.54, 1.807) is 6.07 Å². The van der Waals surface area contributed by atoms with E-state index in [4.69, 9.17) is 11.6 Å². The van der Waals surface area contributed by atoms with Gasteiger partial charge in [-0.15, -0.1) is 0 Å². The minimum Gasteiger partial charge on any atom is -0.626 e. The molecule has 0 aliphatic carbocycles. The summed E-state index contributed by atoms with van der Waals surface area (Å²) in [6, 6.07) is 11.5. The van der Waals surface area contributed by atoms with Crippen LogP contribution in [0.2, 0.25) is 5.15 Å². The highest BCUT2D eigenvalue weighted by Gasteiger charge is 2.37. The number of aromatic nitrogens is 1. The molecule has 23 heavy (non-hydrogen) atoms. The molecule has 1 aliphatic heterocycles. The Morgan fingerprint density at radius 1 is 1.26 bits per heavy atom. The Balaban J connectivity index is 2.03. The summed E-state index contributed by atoms with van der Waals surface area (Å²) < 4.78 is -0.307. The predicted molar refractivity (Wildman–Crippen MR) is 97.4 cm³/mol. The fourth-order valence-electron chi connectivity index (χ4n) is 3.30. The highest BCUT2D eigenvalue weighted by molar-refractivity contribution is 6.29. The number of benzene rings is 1. The minimum absolute atomic E-state index is 0.0304. The second-order valence-corrected chi connectivity index (χ2v) is 7.88. The summed E-state index contributed by atoms with van der Waals surface area (Å²) in [7, 11) is 1.97. The average Bonchev–Trinajstić information content (AvgIpc) is 2.67. The van der Waals surface area contributed by atoms with Gasteiger partial charge in [0.1, 0.15) is 10.8 Å². The standard InChI is InChI=1S/C18H22ClN3O/c1-18(2,3)11-22(23)12-21(4)15-10-13(8-9-16(15)22)14-6-5-7-17(19)20-14/h5-10H,11-12H2,1-4H3. The summed E-state index contributed by atoms with van der Waals surface area (Å²) in [4.78, 5) is 6.38. The summed E-state index contributed by atoms with van der Waals surface area (Å²) in [5.41, 5.74) is 3.57. The van der Waals surface area contributed by atoms with Crippen molar-refractivity contribution in [1.29, 1.82) is 0 Å². The molecule has 1 atom stereocenters. The molecular weight excluding hydrogens is 310 g/mol. The monoisotopic (exact) mass is 331 g/mol. The van der Waals surface area contributed by atoms with Gasteiger partial charge < -0.3 is 14.8 Å². The molecule has 1 aromatic heterocycles. The van der Waals surface area contributed by atoms with Crippen LogP contribution in [0.25, 0.3) is 11.3 Å². The van der Waals surface area contributed by atoms with Crippen molar-refractivity contribution in [2.45, 2.75) is 20.8 Å². The van der Waals surface area contributed by atoms with Crippen molar-refractivity contribution < 1.29 is 0 Å². The van der Waals surface area contributed by atoms with E-state index in [-0.39, 0.29) is 10.1 Å². The highest BCUT2D eigenvalue weighted by Crippen LogP contribution is 2.43. The molecule has 4 nitrogen and oxygen atoms in total. The average molecular weight is 332 g/mol. The van der Waals surface area contributed by atoms with E-state index < -0.39 is 0 Å². The zero-order chi connectivity index (χ0) is 16.8. The molecule has 0 saturated carbocycles. The molecule has 2 heterocycles. The van der Waals surface area contributed by atoms with Crippen LogP contribution in [0.4, 0.5) is 11.4 Å². The molecule has 0 N–H and O–H groups in total. The van der Waals surface area contributed by atoms with Gasteiger partial charge in [-0.05, 0) is 24.3 Å². The zero-order valence-corrected chi connectivity index (χ0v) is 14.8. The molecule has 1 unspecified atom stereocenters. The lowest BCUT2D eigenvalue weighted by atomic mass is 9.95. The Morgan fingerprint density at radius 2 is 2.00 bits per heavy atom. The number of rotatable bonds is 2. The predicted octanol–water partition coefficient (Wildman–Crippen LogP) is 4.66. The van der Waals surface area contributed by atoms with Gasteiger partial charge in [0, 0.05) is 24.1 Å². The van der Waals surface area contributed by atoms with Crippen molar-refractivity contribution in [2.24, 2.45) is 5.41 Å². The van der Waals surface area contributed by atoms with E-state index >= 15 is 0 Å². The van der Waals surface area contributed by atoms with Crippen molar-refractivity contribution in [3.05, 3.63) is 46.8 Å². The van der Waals surface area contributed by atoms with E-state index in [0.29, 0.717) is 18.4 Å². The third-order valence-electron chi connectivity index (χ3n) is 4.01. The van der Waals surface area contributed by atoms with Crippen LogP contribution in [0.15, 0.2) is 36.4 Å². The lowest BCUT2D eigenvalue weighted by Crippen LogP contribution is -2.49. The van der Waals surface area contributed by atoms with Gasteiger partial charge in [-0.2, -0.15) is 0 Å². The Morgan fingerprint density at radius 3 is 2.65 bits per heavy atom. The first-order valence-electron chi connectivity index (χ1n) is 7.75. The molecule has 0 saturated heterocycles. The van der Waals surface area contributed by atoms with Crippen LogP contribution in [-0.4, -0.2) is 25.2 Å². The number of hydroxylamine groups is 2. The SMILES string of the molecule is CN1C[N+]([O-])(CC(C)(C)C)c2ccc(-c3cccc(Cl)n3)cc21. The van der Waals surface area contributed by atoms with Gasteiger partial charge >= 0.3 is 0 Å². The summed E-state index contributed by atoms with van der Waals surface area (Å²) in [6.07, 6.45) is 0. The second kappa shape index (κ2) is 5.48. The molecule has 2 aromatic rings. The summed E-state index contributed by atoms with van der Waals surface area (Å²) in [5.74, 6) is 0. The molecule has 3 rings (SSSR count). The Hall–Kier alpha value is -1.62. The molecular formula is C18H22ClN3O. The third kappa shape index (κ3) is 3.20. The molecule has 1 aliphatic rings. The largest absolute Gasteiger partial charge is 0.626 e. The summed E-state index contributed by atoms with van der Waals surface area (Å²) in [5, 5.41) is 13.8. The number of hydrogen-bond donors (Lipinski definition) is 0. The van der Waals surface area contributed by atoms with E-state index in [9.17, 15) is 5.21 Å². The maximum Gasteiger partial charge on any atom is 0.159 e. The van der Waals surface area contributed by atoms with Gasteiger partial charge in [0.2, 0.25) is 0 Å². The number of anilines is 1. The van der Waals surface area contributed by atoms with Crippen molar-refractivity contribution in [3.8, 4) is 11.3 Å². The summed E-state index contributed by atoms with van der Waals surface area (Å²) in [6.45, 7) is 7.31. The zero-order valence-electron chi connectivity index (χ0n) is 14.0. The molecule has 0 bridgehead atoms. The normalized spacial score (nSPS) is 20.7. The first-order chi connectivity index (χ1) is 10.7. The number of halogens is 1. The lowest BCUT2D eigenvalue weighted by molar-refractivity contribution is 0.264. The van der Waals surface area contributed by atoms with Crippen LogP contribution < -0.4 is 9.55 Å². The lowest BCUT2D eigenvalue weighted by Gasteiger charge is -2.42. The quantitative estimate of drug-likeness (QED) is 0.456. The molecule has 0 radical (unpaired) electrons. The number of pyridine rings is 1. The van der Waals surface area contributed by atoms with Gasteiger partial charge in [0.15, 0.2) is 12.4 Å². The number of quaternary nitrogens is 1. The van der Waals surface area contributed by atoms with Gasteiger partial charge in [-0.1, -0.05) is 38.4 Å². The molecule has 0 fully saturated rings. The van der Waals surface area contributed by atoms with Crippen LogP contribution in [-0.2, 0) is 0 Å². The van der Waals surface area contributed by atoms with Crippen LogP contribution in [0, 0.1) is 10.6 Å². The molecule has 5 heteroatoms. The number of fused-ring (bicyclic) bond motifs is 1. The van der Waals surface area contributed by atoms with Crippen molar-refractivity contribution in [3.63, 3.8) is 0 Å². The first kappa shape index (κ1) is 16.2. The minimum atomic E-state index is -0.307. The van der Waals surface area contributed by atoms with Crippen LogP contribution in [0.1, 0.15) is 20.8 Å². The maximum absolute atomic E-state index is 13.3. The van der Waals surface area contributed by atoms with Crippen molar-refractivity contribution >= 4 is 23.0 Å². The third-order valence-corrected chi connectivity index (χ3v) is 4.22. The fourth-order valence-corrected chi connectivity index (χ4v) is 3.46. The van der Waals surface area contributed by atoms with E-state index in [2.05, 4.69) is 25.8 Å². The first-order valence-corrected chi connectivity index (χ1v) is 8.13. The summed E-state index contributed by atoms with van der Waals surface area (Å²) >= 11 is 5.98. The molecule has 1 aromatic carbocycles. The molecule has 0 amide bonds. The second-order valence-electron chi connectivity index (χ2n) is 7.50. The Kier molecular flexibility index (Phi) is 3.87. The van der Waals surface area contributed by atoms with Gasteiger partial charge in [-0.3, -0.25) is 0 Å². The van der Waals surface area contributed by atoms with E-state index in [1.165, 1.54) is 0 Å². The van der Waals surface area contributed by atoms with Crippen LogP contribution in [0.3, 0.4) is 0 Å². The topological polar surface area (TPSA) is 39.2 Å². The van der Waals surface area contributed by atoms with E-state index in [0.717, 1.165) is 22.6 Å². The van der Waals surface area contributed by atoms with Gasteiger partial charge in [-0.25, -0.2) is 4.98 Å².